The first kappa shape index (κ1) is 13.3. The van der Waals surface area contributed by atoms with Gasteiger partial charge < -0.3 is 5.73 Å². The molecule has 1 aromatic carbocycles. The molecule has 0 spiro atoms. The van der Waals surface area contributed by atoms with E-state index in [0.717, 1.165) is 17.3 Å². The predicted molar refractivity (Wildman–Crippen MR) is 81.5 cm³/mol. The third-order valence-electron chi connectivity index (χ3n) is 2.58. The van der Waals surface area contributed by atoms with Crippen molar-refractivity contribution in [3.8, 4) is 0 Å². The number of hydrogen-bond donors (Lipinski definition) is 1. The SMILES string of the molecule is NC(Cc1ccccc1Br)Cc1sccc1Br. The Labute approximate surface area is 122 Å². The summed E-state index contributed by atoms with van der Waals surface area (Å²) < 4.78 is 2.31. The summed E-state index contributed by atoms with van der Waals surface area (Å²) in [5.74, 6) is 0. The highest BCUT2D eigenvalue weighted by molar-refractivity contribution is 9.10. The highest BCUT2D eigenvalue weighted by atomic mass is 79.9. The zero-order chi connectivity index (χ0) is 12.3. The van der Waals surface area contributed by atoms with E-state index in [1.807, 2.05) is 12.1 Å². The summed E-state index contributed by atoms with van der Waals surface area (Å²) in [6.45, 7) is 0. The van der Waals surface area contributed by atoms with Crippen molar-refractivity contribution in [2.75, 3.05) is 0 Å². The molecular weight excluding hydrogens is 362 g/mol. The van der Waals surface area contributed by atoms with Crippen molar-refractivity contribution in [2.45, 2.75) is 18.9 Å². The van der Waals surface area contributed by atoms with Crippen LogP contribution in [0.4, 0.5) is 0 Å². The van der Waals surface area contributed by atoms with E-state index in [-0.39, 0.29) is 6.04 Å². The summed E-state index contributed by atoms with van der Waals surface area (Å²) in [6, 6.07) is 10.5. The van der Waals surface area contributed by atoms with E-state index in [0.29, 0.717) is 0 Å². The molecule has 1 unspecified atom stereocenters. The van der Waals surface area contributed by atoms with E-state index in [1.54, 1.807) is 11.3 Å². The number of halogens is 2. The molecule has 1 atom stereocenters. The maximum Gasteiger partial charge on any atom is 0.0314 e. The largest absolute Gasteiger partial charge is 0.327 e. The predicted octanol–water partition coefficient (Wildman–Crippen LogP) is 4.39. The number of benzene rings is 1. The Kier molecular flexibility index (Phi) is 4.79. The zero-order valence-corrected chi connectivity index (χ0v) is 13.2. The van der Waals surface area contributed by atoms with Gasteiger partial charge in [0.15, 0.2) is 0 Å². The first-order chi connectivity index (χ1) is 8.16. The number of nitrogens with two attached hydrogens (primary N) is 1. The lowest BCUT2D eigenvalue weighted by Crippen LogP contribution is -2.25. The molecule has 90 valence electrons. The van der Waals surface area contributed by atoms with Gasteiger partial charge in [0.2, 0.25) is 0 Å². The molecule has 4 heteroatoms. The number of rotatable bonds is 4. The second-order valence-electron chi connectivity index (χ2n) is 3.95. The van der Waals surface area contributed by atoms with Crippen molar-refractivity contribution in [2.24, 2.45) is 5.73 Å². The van der Waals surface area contributed by atoms with Crippen LogP contribution in [-0.4, -0.2) is 6.04 Å². The lowest BCUT2D eigenvalue weighted by Gasteiger charge is -2.12. The third-order valence-corrected chi connectivity index (χ3v) is 5.30. The number of hydrogen-bond acceptors (Lipinski definition) is 2. The molecule has 1 heterocycles. The normalized spacial score (nSPS) is 12.6. The Bertz CT molecular complexity index is 496. The molecule has 0 radical (unpaired) electrons. The smallest absolute Gasteiger partial charge is 0.0314 e. The summed E-state index contributed by atoms with van der Waals surface area (Å²) in [6.07, 6.45) is 1.81. The van der Waals surface area contributed by atoms with Gasteiger partial charge in [-0.1, -0.05) is 34.1 Å². The maximum absolute atomic E-state index is 6.20. The highest BCUT2D eigenvalue weighted by Crippen LogP contribution is 2.25. The van der Waals surface area contributed by atoms with Gasteiger partial charge in [-0.3, -0.25) is 0 Å². The van der Waals surface area contributed by atoms with Crippen molar-refractivity contribution < 1.29 is 0 Å². The van der Waals surface area contributed by atoms with Gasteiger partial charge in [0.05, 0.1) is 0 Å². The van der Waals surface area contributed by atoms with Gasteiger partial charge in [0.1, 0.15) is 0 Å². The fourth-order valence-corrected chi connectivity index (χ4v) is 3.78. The molecule has 0 aliphatic rings. The zero-order valence-electron chi connectivity index (χ0n) is 9.20. The number of thiophene rings is 1. The molecule has 0 amide bonds. The lowest BCUT2D eigenvalue weighted by atomic mass is 10.0. The van der Waals surface area contributed by atoms with Crippen molar-refractivity contribution in [1.82, 2.24) is 0 Å². The molecule has 0 saturated carbocycles. The van der Waals surface area contributed by atoms with Crippen LogP contribution in [0.1, 0.15) is 10.4 Å². The van der Waals surface area contributed by atoms with Crippen LogP contribution in [0, 0.1) is 0 Å². The van der Waals surface area contributed by atoms with Crippen LogP contribution in [0.5, 0.6) is 0 Å². The summed E-state index contributed by atoms with van der Waals surface area (Å²) in [5, 5.41) is 2.09. The molecule has 0 bridgehead atoms. The van der Waals surface area contributed by atoms with Crippen molar-refractivity contribution in [3.63, 3.8) is 0 Å². The second kappa shape index (κ2) is 6.14. The first-order valence-corrected chi connectivity index (χ1v) is 7.84. The van der Waals surface area contributed by atoms with Gasteiger partial charge in [-0.15, -0.1) is 11.3 Å². The van der Waals surface area contributed by atoms with E-state index < -0.39 is 0 Å². The quantitative estimate of drug-likeness (QED) is 0.843. The topological polar surface area (TPSA) is 26.0 Å². The molecule has 17 heavy (non-hydrogen) atoms. The summed E-state index contributed by atoms with van der Waals surface area (Å²) in [7, 11) is 0. The molecule has 2 aromatic rings. The van der Waals surface area contributed by atoms with E-state index in [1.165, 1.54) is 14.9 Å². The van der Waals surface area contributed by atoms with Gasteiger partial charge in [-0.25, -0.2) is 0 Å². The van der Waals surface area contributed by atoms with Gasteiger partial charge in [0.25, 0.3) is 0 Å². The van der Waals surface area contributed by atoms with Crippen LogP contribution in [0.25, 0.3) is 0 Å². The van der Waals surface area contributed by atoms with E-state index in [9.17, 15) is 0 Å². The minimum absolute atomic E-state index is 0.156. The molecule has 0 saturated heterocycles. The van der Waals surface area contributed by atoms with Gasteiger partial charge in [-0.2, -0.15) is 0 Å². The molecule has 2 N–H and O–H groups in total. The second-order valence-corrected chi connectivity index (χ2v) is 6.66. The molecule has 0 aliphatic carbocycles. The molecule has 2 rings (SSSR count). The average molecular weight is 375 g/mol. The van der Waals surface area contributed by atoms with Crippen molar-refractivity contribution in [3.05, 3.63) is 55.1 Å². The molecule has 1 nitrogen and oxygen atoms in total. The van der Waals surface area contributed by atoms with Crippen LogP contribution in [0.3, 0.4) is 0 Å². The minimum Gasteiger partial charge on any atom is -0.327 e. The fraction of sp³-hybridized carbons (Fsp3) is 0.231. The maximum atomic E-state index is 6.20. The average Bonchev–Trinajstić information content (AvgIpc) is 2.68. The summed E-state index contributed by atoms with van der Waals surface area (Å²) in [4.78, 5) is 1.32. The Hall–Kier alpha value is -0.160. The van der Waals surface area contributed by atoms with Gasteiger partial charge >= 0.3 is 0 Å². The van der Waals surface area contributed by atoms with E-state index in [4.69, 9.17) is 5.73 Å². The van der Waals surface area contributed by atoms with Crippen LogP contribution >= 0.6 is 43.2 Å². The Balaban J connectivity index is 2.01. The first-order valence-electron chi connectivity index (χ1n) is 5.37. The molecule has 0 aliphatic heterocycles. The molecular formula is C13H13Br2NS. The van der Waals surface area contributed by atoms with Crippen molar-refractivity contribution in [1.29, 1.82) is 0 Å². The van der Waals surface area contributed by atoms with E-state index >= 15 is 0 Å². The minimum atomic E-state index is 0.156. The third kappa shape index (κ3) is 3.65. The fourth-order valence-electron chi connectivity index (χ4n) is 1.73. The van der Waals surface area contributed by atoms with Gasteiger partial charge in [0, 0.05) is 19.9 Å². The summed E-state index contributed by atoms with van der Waals surface area (Å²) in [5.41, 5.74) is 7.47. The monoisotopic (exact) mass is 373 g/mol. The van der Waals surface area contributed by atoms with Crippen LogP contribution in [-0.2, 0) is 12.8 Å². The van der Waals surface area contributed by atoms with E-state index in [2.05, 4.69) is 55.4 Å². The standard InChI is InChI=1S/C13H13Br2NS/c14-11-4-2-1-3-9(11)7-10(16)8-13-12(15)5-6-17-13/h1-6,10H,7-8,16H2. The highest BCUT2D eigenvalue weighted by Gasteiger charge is 2.10. The Morgan fingerprint density at radius 1 is 1.06 bits per heavy atom. The van der Waals surface area contributed by atoms with Crippen LogP contribution in [0.2, 0.25) is 0 Å². The summed E-state index contributed by atoms with van der Waals surface area (Å²) >= 11 is 8.85. The lowest BCUT2D eigenvalue weighted by molar-refractivity contribution is 0.668. The Morgan fingerprint density at radius 2 is 1.82 bits per heavy atom. The van der Waals surface area contributed by atoms with Gasteiger partial charge in [-0.05, 0) is 51.8 Å². The molecule has 1 aromatic heterocycles. The van der Waals surface area contributed by atoms with Crippen LogP contribution in [0.15, 0.2) is 44.7 Å². The Morgan fingerprint density at radius 3 is 2.47 bits per heavy atom. The van der Waals surface area contributed by atoms with Crippen LogP contribution < -0.4 is 5.73 Å². The molecule has 0 fully saturated rings. The van der Waals surface area contributed by atoms with Crippen molar-refractivity contribution >= 4 is 43.2 Å².